The molecular weight excluding hydrogens is 371 g/mol. The van der Waals surface area contributed by atoms with Crippen LogP contribution in [0.2, 0.25) is 0 Å². The highest BCUT2D eigenvalue weighted by Crippen LogP contribution is 2.21. The molecular formula is C23H27FN2O3. The van der Waals surface area contributed by atoms with E-state index in [4.69, 9.17) is 9.57 Å². The number of ether oxygens (including phenoxy) is 1. The summed E-state index contributed by atoms with van der Waals surface area (Å²) in [6, 6.07) is 13.9. The summed E-state index contributed by atoms with van der Waals surface area (Å²) in [5.41, 5.74) is 2.61. The smallest absolute Gasteiger partial charge is 0.223 e. The quantitative estimate of drug-likeness (QED) is 0.662. The van der Waals surface area contributed by atoms with Crippen LogP contribution in [0, 0.1) is 11.7 Å². The van der Waals surface area contributed by atoms with Gasteiger partial charge < -0.3 is 14.5 Å². The van der Waals surface area contributed by atoms with Gasteiger partial charge in [-0.15, -0.1) is 0 Å². The normalized spacial score (nSPS) is 15.8. The molecule has 0 aliphatic carbocycles. The second-order valence-electron chi connectivity index (χ2n) is 7.70. The lowest BCUT2D eigenvalue weighted by molar-refractivity contribution is -0.134. The first-order chi connectivity index (χ1) is 13.9. The average Bonchev–Trinajstić information content (AvgIpc) is 3.16. The van der Waals surface area contributed by atoms with Gasteiger partial charge in [-0.3, -0.25) is 4.79 Å². The molecule has 1 aliphatic rings. The molecule has 1 unspecified atom stereocenters. The SMILES string of the molecule is COc1cccc(CN(CC2CC(c3ccc(F)cc3)=NO2)C(=O)CC(C)C)c1. The van der Waals surface area contributed by atoms with Gasteiger partial charge in [-0.05, 0) is 41.3 Å². The molecule has 0 radical (unpaired) electrons. The summed E-state index contributed by atoms with van der Waals surface area (Å²) in [7, 11) is 1.63. The van der Waals surface area contributed by atoms with E-state index in [9.17, 15) is 9.18 Å². The number of hydrogen-bond donors (Lipinski definition) is 0. The number of methoxy groups -OCH3 is 1. The average molecular weight is 398 g/mol. The first-order valence-corrected chi connectivity index (χ1v) is 9.84. The summed E-state index contributed by atoms with van der Waals surface area (Å²) < 4.78 is 18.4. The summed E-state index contributed by atoms with van der Waals surface area (Å²) >= 11 is 0. The van der Waals surface area contributed by atoms with Gasteiger partial charge in [-0.1, -0.05) is 43.3 Å². The predicted molar refractivity (Wildman–Crippen MR) is 110 cm³/mol. The Morgan fingerprint density at radius 2 is 2.03 bits per heavy atom. The van der Waals surface area contributed by atoms with Crippen molar-refractivity contribution in [1.82, 2.24) is 4.90 Å². The zero-order valence-corrected chi connectivity index (χ0v) is 17.1. The fourth-order valence-electron chi connectivity index (χ4n) is 3.31. The van der Waals surface area contributed by atoms with Crippen LogP contribution in [0.4, 0.5) is 4.39 Å². The zero-order valence-electron chi connectivity index (χ0n) is 17.1. The fourth-order valence-corrected chi connectivity index (χ4v) is 3.31. The molecule has 1 atom stereocenters. The summed E-state index contributed by atoms with van der Waals surface area (Å²) in [6.45, 7) is 4.98. The zero-order chi connectivity index (χ0) is 20.8. The van der Waals surface area contributed by atoms with Gasteiger partial charge in [0.05, 0.1) is 19.4 Å². The van der Waals surface area contributed by atoms with Gasteiger partial charge in [0.25, 0.3) is 0 Å². The maximum absolute atomic E-state index is 13.2. The Kier molecular flexibility index (Phi) is 6.86. The number of carbonyl (C=O) groups excluding carboxylic acids is 1. The van der Waals surface area contributed by atoms with Gasteiger partial charge in [0.15, 0.2) is 6.10 Å². The van der Waals surface area contributed by atoms with Crippen LogP contribution in [0.25, 0.3) is 0 Å². The number of nitrogens with zero attached hydrogens (tertiary/aromatic N) is 2. The summed E-state index contributed by atoms with van der Waals surface area (Å²) in [5, 5.41) is 4.16. The first-order valence-electron chi connectivity index (χ1n) is 9.84. The van der Waals surface area contributed by atoms with Crippen molar-refractivity contribution in [2.45, 2.75) is 39.3 Å². The van der Waals surface area contributed by atoms with Crippen LogP contribution in [0.3, 0.4) is 0 Å². The number of carbonyl (C=O) groups is 1. The standard InChI is InChI=1S/C23H27FN2O3/c1-16(2)11-23(27)26(14-17-5-4-6-20(12-17)28-3)15-21-13-22(25-29-21)18-7-9-19(24)10-8-18/h4-10,12,16,21H,11,13-15H2,1-3H3. The number of halogens is 1. The van der Waals surface area contributed by atoms with Gasteiger partial charge in [0.1, 0.15) is 11.6 Å². The minimum atomic E-state index is -0.284. The van der Waals surface area contributed by atoms with E-state index < -0.39 is 0 Å². The van der Waals surface area contributed by atoms with Gasteiger partial charge >= 0.3 is 0 Å². The summed E-state index contributed by atoms with van der Waals surface area (Å²) in [4.78, 5) is 20.3. The third kappa shape index (κ3) is 5.79. The van der Waals surface area contributed by atoms with Crippen molar-refractivity contribution in [3.8, 4) is 5.75 Å². The van der Waals surface area contributed by atoms with E-state index in [1.54, 1.807) is 19.2 Å². The van der Waals surface area contributed by atoms with E-state index in [-0.39, 0.29) is 23.7 Å². The summed E-state index contributed by atoms with van der Waals surface area (Å²) in [6.07, 6.45) is 0.828. The molecule has 0 spiro atoms. The molecule has 0 saturated heterocycles. The topological polar surface area (TPSA) is 51.1 Å². The first kappa shape index (κ1) is 20.8. The van der Waals surface area contributed by atoms with E-state index in [1.807, 2.05) is 43.0 Å². The second kappa shape index (κ2) is 9.54. The second-order valence-corrected chi connectivity index (χ2v) is 7.70. The molecule has 5 nitrogen and oxygen atoms in total. The van der Waals surface area contributed by atoms with Crippen LogP contribution in [0.1, 0.15) is 37.8 Å². The predicted octanol–water partition coefficient (Wildman–Crippen LogP) is 4.40. The number of benzene rings is 2. The molecule has 0 bridgehead atoms. The Morgan fingerprint density at radius 1 is 1.28 bits per heavy atom. The molecule has 0 fully saturated rings. The van der Waals surface area contributed by atoms with Crippen molar-refractivity contribution in [2.24, 2.45) is 11.1 Å². The van der Waals surface area contributed by atoms with Crippen LogP contribution in [0.5, 0.6) is 5.75 Å². The van der Waals surface area contributed by atoms with Crippen LogP contribution in [0.15, 0.2) is 53.7 Å². The Bertz CT molecular complexity index is 865. The number of rotatable bonds is 8. The Balaban J connectivity index is 1.68. The van der Waals surface area contributed by atoms with Crippen molar-refractivity contribution < 1.29 is 18.8 Å². The van der Waals surface area contributed by atoms with Gasteiger partial charge in [-0.2, -0.15) is 0 Å². The van der Waals surface area contributed by atoms with Crippen molar-refractivity contribution in [1.29, 1.82) is 0 Å². The molecule has 1 heterocycles. The van der Waals surface area contributed by atoms with Gasteiger partial charge in [0, 0.05) is 19.4 Å². The highest BCUT2D eigenvalue weighted by molar-refractivity contribution is 6.01. The maximum atomic E-state index is 13.2. The maximum Gasteiger partial charge on any atom is 0.223 e. The van der Waals surface area contributed by atoms with Crippen molar-refractivity contribution in [2.75, 3.05) is 13.7 Å². The molecule has 6 heteroatoms. The van der Waals surface area contributed by atoms with Gasteiger partial charge in [0.2, 0.25) is 5.91 Å². The lowest BCUT2D eigenvalue weighted by Crippen LogP contribution is -2.37. The monoisotopic (exact) mass is 398 g/mol. The lowest BCUT2D eigenvalue weighted by Gasteiger charge is -2.26. The van der Waals surface area contributed by atoms with Crippen molar-refractivity contribution in [3.05, 3.63) is 65.5 Å². The molecule has 0 saturated carbocycles. The third-order valence-electron chi connectivity index (χ3n) is 4.78. The van der Waals surface area contributed by atoms with E-state index in [0.29, 0.717) is 25.9 Å². The van der Waals surface area contributed by atoms with Crippen LogP contribution in [-0.4, -0.2) is 36.3 Å². The largest absolute Gasteiger partial charge is 0.497 e. The molecule has 2 aromatic carbocycles. The highest BCUT2D eigenvalue weighted by Gasteiger charge is 2.27. The van der Waals surface area contributed by atoms with E-state index in [0.717, 1.165) is 22.6 Å². The molecule has 29 heavy (non-hydrogen) atoms. The molecule has 2 aromatic rings. The van der Waals surface area contributed by atoms with Crippen molar-refractivity contribution >= 4 is 11.6 Å². The molecule has 154 valence electrons. The van der Waals surface area contributed by atoms with Crippen LogP contribution in [-0.2, 0) is 16.2 Å². The van der Waals surface area contributed by atoms with E-state index >= 15 is 0 Å². The molecule has 1 aliphatic heterocycles. The number of hydrogen-bond acceptors (Lipinski definition) is 4. The molecule has 0 aromatic heterocycles. The highest BCUT2D eigenvalue weighted by atomic mass is 19.1. The minimum Gasteiger partial charge on any atom is -0.497 e. The minimum absolute atomic E-state index is 0.0849. The Labute approximate surface area is 171 Å². The molecule has 1 amide bonds. The molecule has 0 N–H and O–H groups in total. The van der Waals surface area contributed by atoms with E-state index in [1.165, 1.54) is 12.1 Å². The molecule has 3 rings (SSSR count). The third-order valence-corrected chi connectivity index (χ3v) is 4.78. The Hall–Kier alpha value is -2.89. The van der Waals surface area contributed by atoms with Gasteiger partial charge in [-0.25, -0.2) is 4.39 Å². The lowest BCUT2D eigenvalue weighted by atomic mass is 10.0. The number of amides is 1. The van der Waals surface area contributed by atoms with Crippen molar-refractivity contribution in [3.63, 3.8) is 0 Å². The fraction of sp³-hybridized carbons (Fsp3) is 0.391. The number of oxime groups is 1. The van der Waals surface area contributed by atoms with Crippen LogP contribution < -0.4 is 4.74 Å². The van der Waals surface area contributed by atoms with Crippen LogP contribution >= 0.6 is 0 Å². The Morgan fingerprint density at radius 3 is 2.72 bits per heavy atom. The summed E-state index contributed by atoms with van der Waals surface area (Å²) in [5.74, 6) is 0.832. The van der Waals surface area contributed by atoms with E-state index in [2.05, 4.69) is 5.16 Å².